The van der Waals surface area contributed by atoms with Gasteiger partial charge >= 0.3 is 0 Å². The Morgan fingerprint density at radius 1 is 1.60 bits per heavy atom. The summed E-state index contributed by atoms with van der Waals surface area (Å²) in [6, 6.07) is 0. The van der Waals surface area contributed by atoms with Gasteiger partial charge in [-0.2, -0.15) is 0 Å². The molecule has 1 nitrogen and oxygen atoms in total. The van der Waals surface area contributed by atoms with E-state index in [1.807, 2.05) is 6.92 Å². The van der Waals surface area contributed by atoms with E-state index >= 15 is 0 Å². The molecule has 1 heteroatoms. The summed E-state index contributed by atoms with van der Waals surface area (Å²) >= 11 is 0. The van der Waals surface area contributed by atoms with E-state index in [4.69, 9.17) is 5.11 Å². The Kier molecular flexibility index (Phi) is 5.32. The van der Waals surface area contributed by atoms with Gasteiger partial charge in [0.1, 0.15) is 0 Å². The van der Waals surface area contributed by atoms with Gasteiger partial charge in [0.05, 0.1) is 6.61 Å². The fourth-order valence-corrected chi connectivity index (χ4v) is 1.08. The Hall–Kier alpha value is -0.300. The van der Waals surface area contributed by atoms with Crippen LogP contribution < -0.4 is 0 Å². The molecule has 0 aliphatic rings. The summed E-state index contributed by atoms with van der Waals surface area (Å²) in [5, 5.41) is 8.68. The molecular formula is C9H18O. The van der Waals surface area contributed by atoms with Crippen LogP contribution in [0.5, 0.6) is 0 Å². The molecule has 0 heterocycles. The van der Waals surface area contributed by atoms with Crippen molar-refractivity contribution in [2.45, 2.75) is 33.6 Å². The minimum atomic E-state index is 0.202. The molecule has 0 spiro atoms. The molecule has 0 radical (unpaired) electrons. The van der Waals surface area contributed by atoms with Gasteiger partial charge in [-0.05, 0) is 19.3 Å². The molecule has 60 valence electrons. The lowest BCUT2D eigenvalue weighted by atomic mass is 10.0. The van der Waals surface area contributed by atoms with Crippen LogP contribution in [0.3, 0.4) is 0 Å². The van der Waals surface area contributed by atoms with Crippen LogP contribution in [0, 0.1) is 5.92 Å². The van der Waals surface area contributed by atoms with Crippen molar-refractivity contribution in [3.8, 4) is 0 Å². The summed E-state index contributed by atoms with van der Waals surface area (Å²) in [6.45, 7) is 6.53. The van der Waals surface area contributed by atoms with Crippen molar-refractivity contribution in [3.05, 3.63) is 11.6 Å². The molecule has 0 saturated heterocycles. The molecule has 0 bridgehead atoms. The highest BCUT2D eigenvalue weighted by molar-refractivity contribution is 4.99. The summed E-state index contributed by atoms with van der Waals surface area (Å²) in [4.78, 5) is 0. The smallest absolute Gasteiger partial charge is 0.0639 e. The average molecular weight is 142 g/mol. The molecule has 0 rings (SSSR count). The van der Waals surface area contributed by atoms with Crippen LogP contribution >= 0.6 is 0 Å². The number of allylic oxidation sites excluding steroid dienone is 1. The van der Waals surface area contributed by atoms with Gasteiger partial charge in [-0.1, -0.05) is 31.9 Å². The van der Waals surface area contributed by atoms with Gasteiger partial charge in [0.2, 0.25) is 0 Å². The van der Waals surface area contributed by atoms with E-state index in [2.05, 4.69) is 19.9 Å². The third-order valence-corrected chi connectivity index (χ3v) is 1.56. The number of hydrogen-bond donors (Lipinski definition) is 1. The average Bonchev–Trinajstić information content (AvgIpc) is 1.88. The normalized spacial score (nSPS) is 15.4. The Morgan fingerprint density at radius 2 is 2.20 bits per heavy atom. The molecule has 0 aliphatic heterocycles. The molecule has 0 aromatic rings. The number of hydrogen-bond acceptors (Lipinski definition) is 1. The predicted molar refractivity (Wildman–Crippen MR) is 44.9 cm³/mol. The van der Waals surface area contributed by atoms with E-state index in [1.165, 1.54) is 12.8 Å². The third-order valence-electron chi connectivity index (χ3n) is 1.56. The van der Waals surface area contributed by atoms with Crippen LogP contribution in [-0.2, 0) is 0 Å². The lowest BCUT2D eigenvalue weighted by Crippen LogP contribution is -1.92. The zero-order valence-electron chi connectivity index (χ0n) is 7.22. The fraction of sp³-hybridized carbons (Fsp3) is 0.778. The molecule has 0 saturated carbocycles. The van der Waals surface area contributed by atoms with Crippen molar-refractivity contribution in [2.24, 2.45) is 5.92 Å². The second kappa shape index (κ2) is 5.48. The first-order valence-electron chi connectivity index (χ1n) is 3.98. The van der Waals surface area contributed by atoms with E-state index < -0.39 is 0 Å². The maximum absolute atomic E-state index is 8.68. The first-order chi connectivity index (χ1) is 4.70. The second-order valence-electron chi connectivity index (χ2n) is 2.94. The molecule has 0 fully saturated rings. The predicted octanol–water partition coefficient (Wildman–Crippen LogP) is 2.36. The Bertz CT molecular complexity index is 105. The summed E-state index contributed by atoms with van der Waals surface area (Å²) in [5.41, 5.74) is 1.08. The highest BCUT2D eigenvalue weighted by Gasteiger charge is 1.95. The van der Waals surface area contributed by atoms with Gasteiger partial charge in [-0.15, -0.1) is 0 Å². The molecule has 10 heavy (non-hydrogen) atoms. The van der Waals surface area contributed by atoms with Crippen molar-refractivity contribution in [1.29, 1.82) is 0 Å². The Balaban J connectivity index is 3.62. The van der Waals surface area contributed by atoms with Crippen molar-refractivity contribution < 1.29 is 5.11 Å². The molecular weight excluding hydrogens is 124 g/mol. The van der Waals surface area contributed by atoms with Crippen LogP contribution in [0.4, 0.5) is 0 Å². The Morgan fingerprint density at radius 3 is 2.60 bits per heavy atom. The lowest BCUT2D eigenvalue weighted by molar-refractivity contribution is 0.330. The number of rotatable bonds is 4. The van der Waals surface area contributed by atoms with E-state index in [0.717, 1.165) is 5.57 Å². The maximum Gasteiger partial charge on any atom is 0.0639 e. The fourth-order valence-electron chi connectivity index (χ4n) is 1.08. The summed E-state index contributed by atoms with van der Waals surface area (Å²) < 4.78 is 0. The molecule has 0 aliphatic carbocycles. The van der Waals surface area contributed by atoms with E-state index in [-0.39, 0.29) is 6.61 Å². The van der Waals surface area contributed by atoms with Gasteiger partial charge in [0.15, 0.2) is 0 Å². The first-order valence-corrected chi connectivity index (χ1v) is 3.98. The second-order valence-corrected chi connectivity index (χ2v) is 2.94. The van der Waals surface area contributed by atoms with Gasteiger partial charge in [0, 0.05) is 0 Å². The lowest BCUT2D eigenvalue weighted by Gasteiger charge is -2.04. The van der Waals surface area contributed by atoms with Gasteiger partial charge in [-0.3, -0.25) is 0 Å². The third kappa shape index (κ3) is 4.57. The first kappa shape index (κ1) is 9.70. The van der Waals surface area contributed by atoms with E-state index in [1.54, 1.807) is 0 Å². The van der Waals surface area contributed by atoms with Gasteiger partial charge in [-0.25, -0.2) is 0 Å². The zero-order chi connectivity index (χ0) is 7.98. The number of aliphatic hydroxyl groups excluding tert-OH is 1. The zero-order valence-corrected chi connectivity index (χ0v) is 7.22. The molecule has 0 aromatic heterocycles. The van der Waals surface area contributed by atoms with E-state index in [9.17, 15) is 0 Å². The van der Waals surface area contributed by atoms with Gasteiger partial charge in [0.25, 0.3) is 0 Å². The van der Waals surface area contributed by atoms with Crippen LogP contribution in [0.15, 0.2) is 11.6 Å². The molecule has 1 atom stereocenters. The summed E-state index contributed by atoms with van der Waals surface area (Å²) in [5.74, 6) is 0.622. The minimum absolute atomic E-state index is 0.202. The molecule has 0 aromatic carbocycles. The van der Waals surface area contributed by atoms with E-state index in [0.29, 0.717) is 5.92 Å². The monoisotopic (exact) mass is 142 g/mol. The highest BCUT2D eigenvalue weighted by atomic mass is 16.3. The van der Waals surface area contributed by atoms with Crippen LogP contribution in [0.1, 0.15) is 33.6 Å². The van der Waals surface area contributed by atoms with Crippen LogP contribution in [0.2, 0.25) is 0 Å². The van der Waals surface area contributed by atoms with Crippen LogP contribution in [0.25, 0.3) is 0 Å². The van der Waals surface area contributed by atoms with Gasteiger partial charge < -0.3 is 5.11 Å². The molecule has 1 N–H and O–H groups in total. The minimum Gasteiger partial charge on any atom is -0.392 e. The maximum atomic E-state index is 8.68. The quantitative estimate of drug-likeness (QED) is 0.597. The van der Waals surface area contributed by atoms with Crippen molar-refractivity contribution in [3.63, 3.8) is 0 Å². The molecule has 0 unspecified atom stereocenters. The number of aliphatic hydroxyl groups is 1. The standard InChI is InChI=1S/C9H18O/c1-4-5-8(2)6-9(3)7-10/h6,8,10H,4-5,7H2,1-3H3/b9-6+/t8-/m1/s1. The van der Waals surface area contributed by atoms with Crippen molar-refractivity contribution in [1.82, 2.24) is 0 Å². The van der Waals surface area contributed by atoms with Crippen molar-refractivity contribution >= 4 is 0 Å². The summed E-state index contributed by atoms with van der Waals surface area (Å²) in [6.07, 6.45) is 4.58. The highest BCUT2D eigenvalue weighted by Crippen LogP contribution is 2.08. The Labute approximate surface area is 63.8 Å². The topological polar surface area (TPSA) is 20.2 Å². The largest absolute Gasteiger partial charge is 0.392 e. The van der Waals surface area contributed by atoms with Crippen molar-refractivity contribution in [2.75, 3.05) is 6.61 Å². The van der Waals surface area contributed by atoms with Crippen LogP contribution in [-0.4, -0.2) is 11.7 Å². The SMILES string of the molecule is CCC[C@@H](C)/C=C(\C)CO. The molecule has 0 amide bonds. The summed E-state index contributed by atoms with van der Waals surface area (Å²) in [7, 11) is 0.